The third-order valence-corrected chi connectivity index (χ3v) is 6.32. The summed E-state index contributed by atoms with van der Waals surface area (Å²) in [5.41, 5.74) is 0.523. The van der Waals surface area contributed by atoms with Crippen molar-refractivity contribution in [1.29, 1.82) is 0 Å². The highest BCUT2D eigenvalue weighted by Gasteiger charge is 2.29. The summed E-state index contributed by atoms with van der Waals surface area (Å²) in [6.45, 7) is 3.56. The Kier molecular flexibility index (Phi) is 5.50. The molecule has 28 heavy (non-hydrogen) atoms. The van der Waals surface area contributed by atoms with Crippen LogP contribution in [0.25, 0.3) is 11.0 Å². The molecule has 1 aliphatic heterocycles. The van der Waals surface area contributed by atoms with Gasteiger partial charge in [-0.2, -0.15) is 0 Å². The first-order valence-corrected chi connectivity index (χ1v) is 10.7. The molecule has 0 bridgehead atoms. The Hall–Kier alpha value is -2.75. The summed E-state index contributed by atoms with van der Waals surface area (Å²) in [6, 6.07) is 2.81. The maximum atomic E-state index is 12.6. The van der Waals surface area contributed by atoms with Gasteiger partial charge in [0.05, 0.1) is 16.9 Å². The standard InChI is InChI=1S/C18H21N3O6S/c1-3-21-8-14(16(23)13-5-4-11(2)19-17(13)21)18(24)27-9-15(22)20-12-6-7-28(25,26)10-12/h4-5,8,12H,3,6-7,9-10H2,1-2H3,(H,20,22). The molecule has 3 heterocycles. The molecule has 0 aromatic carbocycles. The van der Waals surface area contributed by atoms with Gasteiger partial charge in [0.25, 0.3) is 5.91 Å². The zero-order chi connectivity index (χ0) is 20.5. The molecule has 10 heteroatoms. The average Bonchev–Trinajstić information content (AvgIpc) is 2.98. The van der Waals surface area contributed by atoms with Crippen LogP contribution in [0.4, 0.5) is 0 Å². The molecule has 1 aliphatic rings. The lowest BCUT2D eigenvalue weighted by molar-refractivity contribution is -0.124. The third kappa shape index (κ3) is 4.22. The van der Waals surface area contributed by atoms with Gasteiger partial charge in [0.15, 0.2) is 16.4 Å². The smallest absolute Gasteiger partial charge is 0.344 e. The SMILES string of the molecule is CCn1cc(C(=O)OCC(=O)NC2CCS(=O)(=O)C2)c(=O)c2ccc(C)nc21. The van der Waals surface area contributed by atoms with Gasteiger partial charge in [-0.3, -0.25) is 9.59 Å². The average molecular weight is 407 g/mol. The minimum Gasteiger partial charge on any atom is -0.452 e. The largest absolute Gasteiger partial charge is 0.452 e. The lowest BCUT2D eigenvalue weighted by atomic mass is 10.2. The minimum absolute atomic E-state index is 0.0267. The number of sulfone groups is 1. The lowest BCUT2D eigenvalue weighted by Crippen LogP contribution is -2.38. The van der Waals surface area contributed by atoms with Crippen molar-refractivity contribution in [3.8, 4) is 0 Å². The van der Waals surface area contributed by atoms with E-state index in [4.69, 9.17) is 4.74 Å². The molecule has 150 valence electrons. The van der Waals surface area contributed by atoms with Crippen molar-refractivity contribution in [3.63, 3.8) is 0 Å². The van der Waals surface area contributed by atoms with Crippen molar-refractivity contribution in [2.45, 2.75) is 32.9 Å². The minimum atomic E-state index is -3.13. The van der Waals surface area contributed by atoms with E-state index in [-0.39, 0.29) is 17.1 Å². The number of aromatic nitrogens is 2. The van der Waals surface area contributed by atoms with Gasteiger partial charge in [0, 0.05) is 24.5 Å². The molecule has 1 atom stereocenters. The number of nitrogens with one attached hydrogen (secondary N) is 1. The predicted octanol–water partition coefficient (Wildman–Crippen LogP) is 0.185. The van der Waals surface area contributed by atoms with E-state index in [1.54, 1.807) is 23.6 Å². The molecule has 3 rings (SSSR count). The second-order valence-electron chi connectivity index (χ2n) is 6.73. The Morgan fingerprint density at radius 1 is 1.36 bits per heavy atom. The van der Waals surface area contributed by atoms with Gasteiger partial charge in [-0.25, -0.2) is 18.2 Å². The van der Waals surface area contributed by atoms with Crippen LogP contribution in [0.5, 0.6) is 0 Å². The van der Waals surface area contributed by atoms with E-state index in [0.29, 0.717) is 24.0 Å². The van der Waals surface area contributed by atoms with Crippen LogP contribution >= 0.6 is 0 Å². The van der Waals surface area contributed by atoms with Gasteiger partial charge in [-0.05, 0) is 32.4 Å². The number of rotatable bonds is 5. The number of carbonyl (C=O) groups is 2. The molecule has 0 spiro atoms. The van der Waals surface area contributed by atoms with Crippen molar-refractivity contribution in [3.05, 3.63) is 39.8 Å². The number of aryl methyl sites for hydroxylation is 2. The van der Waals surface area contributed by atoms with Gasteiger partial charge in [0.1, 0.15) is 11.2 Å². The summed E-state index contributed by atoms with van der Waals surface area (Å²) in [5, 5.41) is 2.82. The number of amides is 1. The molecule has 2 aromatic rings. The molecule has 1 saturated heterocycles. The quantitative estimate of drug-likeness (QED) is 0.701. The van der Waals surface area contributed by atoms with Gasteiger partial charge < -0.3 is 14.6 Å². The number of nitrogens with zero attached hydrogens (tertiary/aromatic N) is 2. The van der Waals surface area contributed by atoms with Gasteiger partial charge >= 0.3 is 5.97 Å². The highest BCUT2D eigenvalue weighted by molar-refractivity contribution is 7.91. The van der Waals surface area contributed by atoms with Crippen LogP contribution < -0.4 is 10.7 Å². The highest BCUT2D eigenvalue weighted by Crippen LogP contribution is 2.12. The first-order valence-electron chi connectivity index (χ1n) is 8.88. The molecule has 1 unspecified atom stereocenters. The second kappa shape index (κ2) is 7.70. The van der Waals surface area contributed by atoms with Crippen molar-refractivity contribution >= 4 is 32.7 Å². The van der Waals surface area contributed by atoms with Crippen LogP contribution in [-0.4, -0.2) is 54.0 Å². The molecule has 0 radical (unpaired) electrons. The van der Waals surface area contributed by atoms with Crippen LogP contribution in [0.15, 0.2) is 23.1 Å². The van der Waals surface area contributed by atoms with Gasteiger partial charge in [0.2, 0.25) is 5.43 Å². The van der Waals surface area contributed by atoms with Crippen LogP contribution in [0.1, 0.15) is 29.4 Å². The Bertz CT molecular complexity index is 1110. The van der Waals surface area contributed by atoms with Crippen molar-refractivity contribution in [1.82, 2.24) is 14.9 Å². The Balaban J connectivity index is 1.73. The monoisotopic (exact) mass is 407 g/mol. The molecule has 1 N–H and O–H groups in total. The summed E-state index contributed by atoms with van der Waals surface area (Å²) < 4.78 is 29.5. The summed E-state index contributed by atoms with van der Waals surface area (Å²) in [5.74, 6) is -1.61. The summed E-state index contributed by atoms with van der Waals surface area (Å²) in [7, 11) is -3.13. The number of esters is 1. The Labute approximate surface area is 161 Å². The topological polar surface area (TPSA) is 124 Å². The predicted molar refractivity (Wildman–Crippen MR) is 102 cm³/mol. The first-order chi connectivity index (χ1) is 13.2. The molecular formula is C18H21N3O6S. The molecule has 0 saturated carbocycles. The fourth-order valence-electron chi connectivity index (χ4n) is 3.13. The maximum Gasteiger partial charge on any atom is 0.344 e. The van der Waals surface area contributed by atoms with Crippen molar-refractivity contribution < 1.29 is 22.7 Å². The number of carbonyl (C=O) groups excluding carboxylic acids is 2. The highest BCUT2D eigenvalue weighted by atomic mass is 32.2. The molecule has 1 amide bonds. The van der Waals surface area contributed by atoms with Crippen LogP contribution in [0.3, 0.4) is 0 Å². The molecule has 9 nitrogen and oxygen atoms in total. The van der Waals surface area contributed by atoms with E-state index in [0.717, 1.165) is 5.69 Å². The number of hydrogen-bond acceptors (Lipinski definition) is 7. The fraction of sp³-hybridized carbons (Fsp3) is 0.444. The van der Waals surface area contributed by atoms with E-state index in [1.165, 1.54) is 6.20 Å². The molecule has 2 aromatic heterocycles. The number of ether oxygens (including phenoxy) is 1. The van der Waals surface area contributed by atoms with E-state index in [2.05, 4.69) is 10.3 Å². The van der Waals surface area contributed by atoms with Crippen molar-refractivity contribution in [2.24, 2.45) is 0 Å². The fourth-order valence-corrected chi connectivity index (χ4v) is 4.81. The summed E-state index contributed by atoms with van der Waals surface area (Å²) in [4.78, 5) is 41.3. The molecular weight excluding hydrogens is 386 g/mol. The summed E-state index contributed by atoms with van der Waals surface area (Å²) in [6.07, 6.45) is 1.71. The van der Waals surface area contributed by atoms with Gasteiger partial charge in [-0.15, -0.1) is 0 Å². The van der Waals surface area contributed by atoms with Crippen LogP contribution in [0, 0.1) is 6.92 Å². The normalized spacial score (nSPS) is 18.1. The Morgan fingerprint density at radius 2 is 2.11 bits per heavy atom. The third-order valence-electron chi connectivity index (χ3n) is 4.55. The number of pyridine rings is 2. The zero-order valence-corrected chi connectivity index (χ0v) is 16.4. The van der Waals surface area contributed by atoms with Crippen molar-refractivity contribution in [2.75, 3.05) is 18.1 Å². The van der Waals surface area contributed by atoms with Crippen LogP contribution in [-0.2, 0) is 25.9 Å². The summed E-state index contributed by atoms with van der Waals surface area (Å²) >= 11 is 0. The van der Waals surface area contributed by atoms with E-state index in [9.17, 15) is 22.8 Å². The lowest BCUT2D eigenvalue weighted by Gasteiger charge is -2.12. The number of hydrogen-bond donors (Lipinski definition) is 1. The first kappa shape index (κ1) is 20.0. The zero-order valence-electron chi connectivity index (χ0n) is 15.6. The maximum absolute atomic E-state index is 12.6. The molecule has 1 fully saturated rings. The van der Waals surface area contributed by atoms with Gasteiger partial charge in [-0.1, -0.05) is 0 Å². The Morgan fingerprint density at radius 3 is 2.75 bits per heavy atom. The van der Waals surface area contributed by atoms with Crippen LogP contribution in [0.2, 0.25) is 0 Å². The number of fused-ring (bicyclic) bond motifs is 1. The van der Waals surface area contributed by atoms with E-state index in [1.807, 2.05) is 6.92 Å². The second-order valence-corrected chi connectivity index (χ2v) is 8.95. The van der Waals surface area contributed by atoms with E-state index >= 15 is 0 Å². The molecule has 0 aliphatic carbocycles. The van der Waals surface area contributed by atoms with E-state index < -0.39 is 39.8 Å².